The van der Waals surface area contributed by atoms with Crippen LogP contribution in [0.3, 0.4) is 0 Å². The summed E-state index contributed by atoms with van der Waals surface area (Å²) in [6.45, 7) is 6.23. The van der Waals surface area contributed by atoms with Crippen molar-refractivity contribution in [3.63, 3.8) is 0 Å². The van der Waals surface area contributed by atoms with E-state index >= 15 is 0 Å². The van der Waals surface area contributed by atoms with Crippen LogP contribution in [-0.2, 0) is 0 Å². The lowest BCUT2D eigenvalue weighted by molar-refractivity contribution is 0.0748. The molecule has 3 aromatic carbocycles. The van der Waals surface area contributed by atoms with Crippen molar-refractivity contribution in [2.24, 2.45) is 0 Å². The number of pyridine rings is 1. The number of methoxy groups -OCH3 is 2. The molecule has 0 bridgehead atoms. The van der Waals surface area contributed by atoms with Gasteiger partial charge in [-0.05, 0) is 29.7 Å². The highest BCUT2D eigenvalue weighted by Crippen LogP contribution is 2.33. The van der Waals surface area contributed by atoms with E-state index in [2.05, 4.69) is 32.9 Å². The van der Waals surface area contributed by atoms with Gasteiger partial charge in [0.1, 0.15) is 17.3 Å². The minimum Gasteiger partial charge on any atom is -0.495 e. The molecule has 0 spiro atoms. The maximum Gasteiger partial charge on any atom is 0.256 e. The van der Waals surface area contributed by atoms with Crippen LogP contribution in [-0.4, -0.2) is 82.4 Å². The molecular formula is C32H35N5O3. The molecule has 1 amide bonds. The first-order valence-corrected chi connectivity index (χ1v) is 13.9. The van der Waals surface area contributed by atoms with Gasteiger partial charge in [-0.3, -0.25) is 4.79 Å². The number of hydrogen-bond acceptors (Lipinski definition) is 7. The third kappa shape index (κ3) is 4.85. The maximum absolute atomic E-state index is 13.7. The number of piperazine rings is 2. The zero-order valence-corrected chi connectivity index (χ0v) is 23.1. The van der Waals surface area contributed by atoms with Gasteiger partial charge in [0.15, 0.2) is 0 Å². The average Bonchev–Trinajstić information content (AvgIpc) is 3.04. The molecule has 8 nitrogen and oxygen atoms in total. The molecular weight excluding hydrogens is 502 g/mol. The summed E-state index contributed by atoms with van der Waals surface area (Å²) >= 11 is 0. The van der Waals surface area contributed by atoms with Gasteiger partial charge in [0, 0.05) is 63.9 Å². The molecule has 2 saturated heterocycles. The van der Waals surface area contributed by atoms with Crippen LogP contribution in [0.4, 0.5) is 17.2 Å². The molecule has 40 heavy (non-hydrogen) atoms. The molecule has 4 aromatic rings. The summed E-state index contributed by atoms with van der Waals surface area (Å²) in [6, 6.07) is 24.4. The second-order valence-corrected chi connectivity index (χ2v) is 10.1. The molecule has 2 aliphatic heterocycles. The van der Waals surface area contributed by atoms with Crippen molar-refractivity contribution in [2.75, 3.05) is 81.3 Å². The molecule has 0 saturated carbocycles. The van der Waals surface area contributed by atoms with Gasteiger partial charge in [-0.2, -0.15) is 0 Å². The number of hydrogen-bond donors (Lipinski definition) is 0. The van der Waals surface area contributed by atoms with E-state index in [9.17, 15) is 4.79 Å². The van der Waals surface area contributed by atoms with E-state index in [1.54, 1.807) is 20.4 Å². The highest BCUT2D eigenvalue weighted by molar-refractivity contribution is 6.09. The van der Waals surface area contributed by atoms with Gasteiger partial charge in [0.2, 0.25) is 0 Å². The van der Waals surface area contributed by atoms with Crippen LogP contribution in [0, 0.1) is 0 Å². The summed E-state index contributed by atoms with van der Waals surface area (Å²) in [4.78, 5) is 27.5. The van der Waals surface area contributed by atoms with Crippen LogP contribution < -0.4 is 24.2 Å². The molecule has 2 fully saturated rings. The Bertz CT molecular complexity index is 1490. The fraction of sp³-hybridized carbons (Fsp3) is 0.312. The van der Waals surface area contributed by atoms with Crippen molar-refractivity contribution >= 4 is 33.9 Å². The Kier molecular flexibility index (Phi) is 7.31. The summed E-state index contributed by atoms with van der Waals surface area (Å²) in [7, 11) is 3.41. The normalized spacial score (nSPS) is 15.8. The van der Waals surface area contributed by atoms with Crippen LogP contribution in [0.5, 0.6) is 11.5 Å². The van der Waals surface area contributed by atoms with E-state index in [-0.39, 0.29) is 5.91 Å². The molecule has 6 rings (SSSR count). The van der Waals surface area contributed by atoms with Crippen LogP contribution >= 0.6 is 0 Å². The molecule has 206 valence electrons. The smallest absolute Gasteiger partial charge is 0.256 e. The van der Waals surface area contributed by atoms with Gasteiger partial charge >= 0.3 is 0 Å². The molecule has 8 heteroatoms. The zero-order chi connectivity index (χ0) is 27.5. The Morgan fingerprint density at radius 2 is 1.10 bits per heavy atom. The van der Waals surface area contributed by atoms with Gasteiger partial charge in [0.25, 0.3) is 5.91 Å². The fourth-order valence-electron chi connectivity index (χ4n) is 5.86. The molecule has 3 heterocycles. The standard InChI is InChI=1S/C32H35N5O3/c1-39-29-13-7-5-11-27(29)34-15-19-36(20-16-34)31-25-10-4-3-9-24(25)26(23-33-31)32(38)37-21-17-35(18-22-37)28-12-6-8-14-30(28)40-2/h3-14,23H,15-22H2,1-2H3. The number of aromatic nitrogens is 1. The number of carbonyl (C=O) groups is 1. The number of ether oxygens (including phenoxy) is 2. The highest BCUT2D eigenvalue weighted by Gasteiger charge is 2.27. The van der Waals surface area contributed by atoms with Crippen LogP contribution in [0.15, 0.2) is 79.0 Å². The molecule has 0 atom stereocenters. The summed E-state index contributed by atoms with van der Waals surface area (Å²) in [5.74, 6) is 2.73. The van der Waals surface area contributed by atoms with Gasteiger partial charge in [-0.25, -0.2) is 4.98 Å². The lowest BCUT2D eigenvalue weighted by atomic mass is 10.0. The second kappa shape index (κ2) is 11.3. The van der Waals surface area contributed by atoms with Crippen LogP contribution in [0.2, 0.25) is 0 Å². The highest BCUT2D eigenvalue weighted by atomic mass is 16.5. The Balaban J connectivity index is 1.18. The topological polar surface area (TPSA) is 61.4 Å². The van der Waals surface area contributed by atoms with E-state index in [4.69, 9.17) is 14.5 Å². The molecule has 0 aliphatic carbocycles. The molecule has 1 aromatic heterocycles. The van der Waals surface area contributed by atoms with Crippen molar-refractivity contribution in [3.05, 3.63) is 84.6 Å². The summed E-state index contributed by atoms with van der Waals surface area (Å²) in [6.07, 6.45) is 1.78. The number of rotatable bonds is 6. The minimum atomic E-state index is 0.0379. The van der Waals surface area contributed by atoms with Crippen LogP contribution in [0.1, 0.15) is 10.4 Å². The number of para-hydroxylation sites is 4. The first kappa shape index (κ1) is 25.8. The van der Waals surface area contributed by atoms with Crippen molar-refractivity contribution < 1.29 is 14.3 Å². The first-order chi connectivity index (χ1) is 19.7. The fourth-order valence-corrected chi connectivity index (χ4v) is 5.86. The number of fused-ring (bicyclic) bond motifs is 1. The van der Waals surface area contributed by atoms with E-state index in [0.717, 1.165) is 78.7 Å². The van der Waals surface area contributed by atoms with E-state index in [1.807, 2.05) is 59.5 Å². The average molecular weight is 538 g/mol. The quantitative estimate of drug-likeness (QED) is 0.358. The predicted octanol–water partition coefficient (Wildman–Crippen LogP) is 4.54. The van der Waals surface area contributed by atoms with Gasteiger partial charge in [0.05, 0.1) is 31.2 Å². The summed E-state index contributed by atoms with van der Waals surface area (Å²) in [5.41, 5.74) is 2.85. The Hall–Kier alpha value is -4.46. The largest absolute Gasteiger partial charge is 0.495 e. The predicted molar refractivity (Wildman–Crippen MR) is 160 cm³/mol. The number of amides is 1. The number of benzene rings is 3. The number of nitrogens with zero attached hydrogens (tertiary/aromatic N) is 5. The number of anilines is 3. The summed E-state index contributed by atoms with van der Waals surface area (Å²) < 4.78 is 11.1. The molecule has 0 N–H and O–H groups in total. The Morgan fingerprint density at radius 1 is 0.625 bits per heavy atom. The van der Waals surface area contributed by atoms with Crippen molar-refractivity contribution in [1.82, 2.24) is 9.88 Å². The maximum atomic E-state index is 13.7. The molecule has 2 aliphatic rings. The van der Waals surface area contributed by atoms with Gasteiger partial charge in [-0.1, -0.05) is 48.5 Å². The third-order valence-electron chi connectivity index (χ3n) is 8.00. The Labute approximate surface area is 235 Å². The molecule has 0 unspecified atom stereocenters. The first-order valence-electron chi connectivity index (χ1n) is 13.9. The lowest BCUT2D eigenvalue weighted by Gasteiger charge is -2.38. The molecule has 0 radical (unpaired) electrons. The van der Waals surface area contributed by atoms with Crippen molar-refractivity contribution in [3.8, 4) is 11.5 Å². The second-order valence-electron chi connectivity index (χ2n) is 10.1. The number of carbonyl (C=O) groups excluding carboxylic acids is 1. The Morgan fingerprint density at radius 3 is 1.68 bits per heavy atom. The monoisotopic (exact) mass is 537 g/mol. The lowest BCUT2D eigenvalue weighted by Crippen LogP contribution is -2.49. The van der Waals surface area contributed by atoms with E-state index in [0.29, 0.717) is 18.7 Å². The summed E-state index contributed by atoms with van der Waals surface area (Å²) in [5, 5.41) is 1.98. The van der Waals surface area contributed by atoms with E-state index < -0.39 is 0 Å². The minimum absolute atomic E-state index is 0.0379. The SMILES string of the molecule is COc1ccccc1N1CCN(C(=O)c2cnc(N3CCN(c4ccccc4OC)CC3)c3ccccc23)CC1. The van der Waals surface area contributed by atoms with Gasteiger partial charge < -0.3 is 29.1 Å². The van der Waals surface area contributed by atoms with Crippen LogP contribution in [0.25, 0.3) is 10.8 Å². The van der Waals surface area contributed by atoms with Gasteiger partial charge in [-0.15, -0.1) is 0 Å². The van der Waals surface area contributed by atoms with Crippen molar-refractivity contribution in [1.29, 1.82) is 0 Å². The zero-order valence-electron chi connectivity index (χ0n) is 23.1. The van der Waals surface area contributed by atoms with E-state index in [1.165, 1.54) is 0 Å². The van der Waals surface area contributed by atoms with Crippen molar-refractivity contribution in [2.45, 2.75) is 0 Å². The third-order valence-corrected chi connectivity index (χ3v) is 8.00.